The van der Waals surface area contributed by atoms with Gasteiger partial charge in [-0.3, -0.25) is 4.98 Å². The molecule has 0 radical (unpaired) electrons. The zero-order valence-corrected chi connectivity index (χ0v) is 11.9. The molecule has 1 aromatic rings. The average molecular weight is 266 g/mol. The number of nitrogens with zero attached hydrogens (tertiary/aromatic N) is 1. The third-order valence-corrected chi connectivity index (χ3v) is 2.80. The molecule has 0 bridgehead atoms. The van der Waals surface area contributed by atoms with Crippen LogP contribution in [0, 0.1) is 0 Å². The number of aromatic nitrogens is 1. The summed E-state index contributed by atoms with van der Waals surface area (Å²) in [7, 11) is 0. The van der Waals surface area contributed by atoms with Crippen molar-refractivity contribution in [3.05, 3.63) is 30.1 Å². The lowest BCUT2D eigenvalue weighted by Gasteiger charge is -2.06. The third-order valence-electron chi connectivity index (χ3n) is 2.80. The van der Waals surface area contributed by atoms with Crippen LogP contribution in [-0.2, 0) is 16.0 Å². The van der Waals surface area contributed by atoms with Crippen molar-refractivity contribution >= 4 is 0 Å². The summed E-state index contributed by atoms with van der Waals surface area (Å²) in [4.78, 5) is 4.00. The van der Waals surface area contributed by atoms with Gasteiger partial charge < -0.3 is 14.8 Å². The Hall–Kier alpha value is -0.970. The van der Waals surface area contributed by atoms with E-state index in [2.05, 4.69) is 10.3 Å². The van der Waals surface area contributed by atoms with Crippen LogP contribution in [0.25, 0.3) is 0 Å². The molecule has 1 rings (SSSR count). The summed E-state index contributed by atoms with van der Waals surface area (Å²) in [5, 5.41) is 3.43. The van der Waals surface area contributed by atoms with Crippen molar-refractivity contribution in [1.29, 1.82) is 0 Å². The van der Waals surface area contributed by atoms with E-state index in [9.17, 15) is 0 Å². The zero-order chi connectivity index (χ0) is 13.6. The van der Waals surface area contributed by atoms with Gasteiger partial charge in [-0.15, -0.1) is 0 Å². The zero-order valence-electron chi connectivity index (χ0n) is 11.9. The lowest BCUT2D eigenvalue weighted by molar-refractivity contribution is 0.0513. The number of hydrogen-bond acceptors (Lipinski definition) is 4. The van der Waals surface area contributed by atoms with Gasteiger partial charge in [-0.05, 0) is 50.4 Å². The molecule has 1 N–H and O–H groups in total. The van der Waals surface area contributed by atoms with E-state index in [4.69, 9.17) is 9.47 Å². The third kappa shape index (κ3) is 9.59. The predicted octanol–water partition coefficient (Wildman–Crippen LogP) is 2.39. The van der Waals surface area contributed by atoms with Crippen molar-refractivity contribution in [2.75, 3.05) is 33.0 Å². The molecule has 1 aromatic heterocycles. The molecule has 0 saturated carbocycles. The topological polar surface area (TPSA) is 43.4 Å². The Bertz CT molecular complexity index is 293. The van der Waals surface area contributed by atoms with E-state index >= 15 is 0 Å². The van der Waals surface area contributed by atoms with Crippen molar-refractivity contribution in [1.82, 2.24) is 10.3 Å². The van der Waals surface area contributed by atoms with Crippen molar-refractivity contribution in [3.8, 4) is 0 Å². The second-order valence-corrected chi connectivity index (χ2v) is 4.40. The molecule has 0 amide bonds. The molecular formula is C15H26N2O2. The minimum Gasteiger partial charge on any atom is -0.379 e. The highest BCUT2D eigenvalue weighted by molar-refractivity contribution is 5.08. The van der Waals surface area contributed by atoms with Crippen LogP contribution in [0.3, 0.4) is 0 Å². The molecule has 4 nitrogen and oxygen atoms in total. The molecule has 0 spiro atoms. The Balaban J connectivity index is 1.79. The molecule has 0 atom stereocenters. The first-order valence-corrected chi connectivity index (χ1v) is 7.18. The van der Waals surface area contributed by atoms with Crippen LogP contribution in [0.5, 0.6) is 0 Å². The van der Waals surface area contributed by atoms with Gasteiger partial charge in [-0.1, -0.05) is 0 Å². The van der Waals surface area contributed by atoms with Gasteiger partial charge in [0.25, 0.3) is 0 Å². The Kier molecular flexibility index (Phi) is 10.2. The fourth-order valence-electron chi connectivity index (χ4n) is 1.73. The number of ether oxygens (including phenoxy) is 2. The standard InChI is InChI=1S/C15H26N2O2/c1-2-18-12-13-19-11-5-3-4-8-17-14-15-6-9-16-10-7-15/h6-7,9-10,17H,2-5,8,11-14H2,1H3. The van der Waals surface area contributed by atoms with Crippen molar-refractivity contribution in [3.63, 3.8) is 0 Å². The second-order valence-electron chi connectivity index (χ2n) is 4.40. The highest BCUT2D eigenvalue weighted by Crippen LogP contribution is 1.97. The smallest absolute Gasteiger partial charge is 0.0700 e. The van der Waals surface area contributed by atoms with E-state index in [0.717, 1.165) is 32.7 Å². The quantitative estimate of drug-likeness (QED) is 0.590. The maximum Gasteiger partial charge on any atom is 0.0700 e. The van der Waals surface area contributed by atoms with Gasteiger partial charge in [0.05, 0.1) is 13.2 Å². The first-order valence-electron chi connectivity index (χ1n) is 7.18. The summed E-state index contributed by atoms with van der Waals surface area (Å²) >= 11 is 0. The fourth-order valence-corrected chi connectivity index (χ4v) is 1.73. The van der Waals surface area contributed by atoms with Crippen LogP contribution in [0.15, 0.2) is 24.5 Å². The van der Waals surface area contributed by atoms with Crippen LogP contribution in [0.1, 0.15) is 31.7 Å². The predicted molar refractivity (Wildman–Crippen MR) is 77.1 cm³/mol. The molecule has 0 aliphatic rings. The molecule has 0 aliphatic heterocycles. The summed E-state index contributed by atoms with van der Waals surface area (Å²) in [6, 6.07) is 4.08. The molecule has 0 fully saturated rings. The van der Waals surface area contributed by atoms with Crippen molar-refractivity contribution in [2.24, 2.45) is 0 Å². The summed E-state index contributed by atoms with van der Waals surface area (Å²) in [6.07, 6.45) is 7.19. The molecule has 0 saturated heterocycles. The van der Waals surface area contributed by atoms with Gasteiger partial charge in [-0.25, -0.2) is 0 Å². The fraction of sp³-hybridized carbons (Fsp3) is 0.667. The average Bonchev–Trinajstić information content (AvgIpc) is 2.46. The van der Waals surface area contributed by atoms with Gasteiger partial charge in [0, 0.05) is 32.2 Å². The summed E-state index contributed by atoms with van der Waals surface area (Å²) in [6.45, 7) is 7.02. The van der Waals surface area contributed by atoms with Gasteiger partial charge in [0.2, 0.25) is 0 Å². The van der Waals surface area contributed by atoms with Gasteiger partial charge in [-0.2, -0.15) is 0 Å². The first kappa shape index (κ1) is 16.1. The number of rotatable bonds is 12. The van der Waals surface area contributed by atoms with Crippen LogP contribution < -0.4 is 5.32 Å². The van der Waals surface area contributed by atoms with Gasteiger partial charge >= 0.3 is 0 Å². The molecular weight excluding hydrogens is 240 g/mol. The van der Waals surface area contributed by atoms with Crippen LogP contribution in [0.2, 0.25) is 0 Å². The number of hydrogen-bond donors (Lipinski definition) is 1. The second kappa shape index (κ2) is 12.1. The molecule has 108 valence electrons. The monoisotopic (exact) mass is 266 g/mol. The Morgan fingerprint density at radius 2 is 1.79 bits per heavy atom. The van der Waals surface area contributed by atoms with Crippen molar-refractivity contribution in [2.45, 2.75) is 32.7 Å². The van der Waals surface area contributed by atoms with Gasteiger partial charge in [0.1, 0.15) is 0 Å². The van der Waals surface area contributed by atoms with E-state index in [1.807, 2.05) is 31.5 Å². The van der Waals surface area contributed by atoms with Crippen LogP contribution in [0.4, 0.5) is 0 Å². The van der Waals surface area contributed by atoms with E-state index in [1.54, 1.807) is 0 Å². The highest BCUT2D eigenvalue weighted by Gasteiger charge is 1.93. The largest absolute Gasteiger partial charge is 0.379 e. The van der Waals surface area contributed by atoms with Crippen LogP contribution >= 0.6 is 0 Å². The molecule has 0 unspecified atom stereocenters. The molecule has 0 aromatic carbocycles. The highest BCUT2D eigenvalue weighted by atomic mass is 16.5. The van der Waals surface area contributed by atoms with Gasteiger partial charge in [0.15, 0.2) is 0 Å². The molecule has 4 heteroatoms. The molecule has 1 heterocycles. The number of unbranched alkanes of at least 4 members (excludes halogenated alkanes) is 2. The normalized spacial score (nSPS) is 10.8. The minimum atomic E-state index is 0.712. The SMILES string of the molecule is CCOCCOCCCCCNCc1ccncc1. The van der Waals surface area contributed by atoms with E-state index in [1.165, 1.54) is 18.4 Å². The van der Waals surface area contributed by atoms with Crippen molar-refractivity contribution < 1.29 is 9.47 Å². The minimum absolute atomic E-state index is 0.712. The Labute approximate surface area is 116 Å². The number of nitrogens with one attached hydrogen (secondary N) is 1. The Morgan fingerprint density at radius 3 is 2.58 bits per heavy atom. The maximum absolute atomic E-state index is 5.46. The summed E-state index contributed by atoms with van der Waals surface area (Å²) in [5.74, 6) is 0. The lowest BCUT2D eigenvalue weighted by atomic mass is 10.2. The van der Waals surface area contributed by atoms with Crippen LogP contribution in [-0.4, -0.2) is 38.0 Å². The van der Waals surface area contributed by atoms with E-state index in [0.29, 0.717) is 13.2 Å². The number of pyridine rings is 1. The van der Waals surface area contributed by atoms with E-state index in [-0.39, 0.29) is 0 Å². The molecule has 19 heavy (non-hydrogen) atoms. The maximum atomic E-state index is 5.46. The Morgan fingerprint density at radius 1 is 1.00 bits per heavy atom. The first-order chi connectivity index (χ1) is 9.43. The summed E-state index contributed by atoms with van der Waals surface area (Å²) in [5.41, 5.74) is 1.29. The lowest BCUT2D eigenvalue weighted by Crippen LogP contribution is -2.14. The summed E-state index contributed by atoms with van der Waals surface area (Å²) < 4.78 is 10.7. The molecule has 0 aliphatic carbocycles. The van der Waals surface area contributed by atoms with E-state index < -0.39 is 0 Å².